The van der Waals surface area contributed by atoms with Gasteiger partial charge in [0.1, 0.15) is 5.60 Å². The van der Waals surface area contributed by atoms with E-state index in [4.69, 9.17) is 16.3 Å². The molecule has 0 bridgehead atoms. The van der Waals surface area contributed by atoms with Crippen LogP contribution in [0.3, 0.4) is 0 Å². The van der Waals surface area contributed by atoms with Gasteiger partial charge in [-0.3, -0.25) is 19.9 Å². The number of hydrogen-bond acceptors (Lipinski definition) is 6. The summed E-state index contributed by atoms with van der Waals surface area (Å²) in [4.78, 5) is 44.2. The summed E-state index contributed by atoms with van der Waals surface area (Å²) in [7, 11) is 0. The zero-order valence-electron chi connectivity index (χ0n) is 22.3. The summed E-state index contributed by atoms with van der Waals surface area (Å²) in [5.41, 5.74) is 1.26. The lowest BCUT2D eigenvalue weighted by atomic mass is 9.91. The van der Waals surface area contributed by atoms with Crippen molar-refractivity contribution >= 4 is 41.0 Å². The second kappa shape index (κ2) is 11.9. The lowest BCUT2D eigenvalue weighted by Crippen LogP contribution is -2.50. The van der Waals surface area contributed by atoms with Crippen LogP contribution in [0.2, 0.25) is 5.02 Å². The highest BCUT2D eigenvalue weighted by Gasteiger charge is 2.28. The van der Waals surface area contributed by atoms with Crippen LogP contribution in [-0.2, 0) is 9.53 Å². The smallest absolute Gasteiger partial charge is 0.410 e. The standard InChI is InChI=1S/C27H40ClN5O4/c1-27(2,3)37-26(36)32-17-15-30(16-18-32)11-4-5-20-8-12-31(13-9-20)21-6-7-22(28)23(19-21)33-14-10-24(34)29-25(33)35/h6-7,19-20H,4-5,8-18H2,1-3H3,(H,29,34,35). The van der Waals surface area contributed by atoms with Gasteiger partial charge < -0.3 is 14.5 Å². The highest BCUT2D eigenvalue weighted by Crippen LogP contribution is 2.34. The number of rotatable bonds is 6. The summed E-state index contributed by atoms with van der Waals surface area (Å²) >= 11 is 6.41. The van der Waals surface area contributed by atoms with Crippen molar-refractivity contribution in [2.75, 3.05) is 62.2 Å². The number of ether oxygens (including phenoxy) is 1. The topological polar surface area (TPSA) is 85.4 Å². The van der Waals surface area contributed by atoms with Gasteiger partial charge in [0, 0.05) is 57.9 Å². The lowest BCUT2D eigenvalue weighted by Gasteiger charge is -2.36. The van der Waals surface area contributed by atoms with Gasteiger partial charge in [0.2, 0.25) is 5.91 Å². The number of halogens is 1. The number of nitrogens with zero attached hydrogens (tertiary/aromatic N) is 4. The quantitative estimate of drug-likeness (QED) is 0.585. The predicted octanol–water partition coefficient (Wildman–Crippen LogP) is 4.34. The van der Waals surface area contributed by atoms with E-state index in [1.54, 1.807) is 4.90 Å². The van der Waals surface area contributed by atoms with Crippen molar-refractivity contribution < 1.29 is 19.1 Å². The van der Waals surface area contributed by atoms with E-state index in [1.807, 2.05) is 43.9 Å². The van der Waals surface area contributed by atoms with E-state index in [0.29, 0.717) is 23.2 Å². The number of amides is 4. The Labute approximate surface area is 225 Å². The number of hydrogen-bond donors (Lipinski definition) is 1. The van der Waals surface area contributed by atoms with Crippen LogP contribution in [0.4, 0.5) is 21.0 Å². The Hall–Kier alpha value is -2.52. The first-order valence-corrected chi connectivity index (χ1v) is 13.8. The van der Waals surface area contributed by atoms with Gasteiger partial charge in [-0.25, -0.2) is 9.59 Å². The monoisotopic (exact) mass is 533 g/mol. The molecule has 3 fully saturated rings. The van der Waals surface area contributed by atoms with E-state index < -0.39 is 11.6 Å². The van der Waals surface area contributed by atoms with E-state index in [9.17, 15) is 14.4 Å². The van der Waals surface area contributed by atoms with Crippen molar-refractivity contribution in [3.05, 3.63) is 23.2 Å². The minimum atomic E-state index is -0.453. The summed E-state index contributed by atoms with van der Waals surface area (Å²) in [5.74, 6) is 0.462. The Balaban J connectivity index is 1.18. The molecule has 0 aromatic heterocycles. The Morgan fingerprint density at radius 1 is 1.05 bits per heavy atom. The summed E-state index contributed by atoms with van der Waals surface area (Å²) < 4.78 is 5.49. The molecule has 3 aliphatic heterocycles. The van der Waals surface area contributed by atoms with Crippen LogP contribution in [-0.4, -0.2) is 85.8 Å². The van der Waals surface area contributed by atoms with Crippen LogP contribution in [0.1, 0.15) is 52.9 Å². The molecule has 1 aromatic carbocycles. The van der Waals surface area contributed by atoms with Gasteiger partial charge in [0.05, 0.1) is 10.7 Å². The van der Waals surface area contributed by atoms with Crippen molar-refractivity contribution in [3.8, 4) is 0 Å². The van der Waals surface area contributed by atoms with E-state index in [1.165, 1.54) is 12.8 Å². The molecule has 3 heterocycles. The first kappa shape index (κ1) is 27.5. The van der Waals surface area contributed by atoms with Gasteiger partial charge >= 0.3 is 12.1 Å². The molecule has 1 N–H and O–H groups in total. The molecule has 10 heteroatoms. The first-order valence-electron chi connectivity index (χ1n) is 13.5. The molecule has 0 atom stereocenters. The third-order valence-electron chi connectivity index (χ3n) is 7.36. The van der Waals surface area contributed by atoms with Crippen LogP contribution in [0.25, 0.3) is 0 Å². The van der Waals surface area contributed by atoms with Crippen molar-refractivity contribution in [3.63, 3.8) is 0 Å². The molecule has 0 unspecified atom stereocenters. The van der Waals surface area contributed by atoms with Crippen molar-refractivity contribution in [1.82, 2.24) is 15.1 Å². The van der Waals surface area contributed by atoms with E-state index >= 15 is 0 Å². The lowest BCUT2D eigenvalue weighted by molar-refractivity contribution is -0.120. The molecule has 0 aliphatic carbocycles. The number of piperazine rings is 1. The summed E-state index contributed by atoms with van der Waals surface area (Å²) in [6, 6.07) is 5.40. The molecule has 3 saturated heterocycles. The minimum Gasteiger partial charge on any atom is -0.444 e. The predicted molar refractivity (Wildman–Crippen MR) is 145 cm³/mol. The largest absolute Gasteiger partial charge is 0.444 e. The number of urea groups is 1. The van der Waals surface area contributed by atoms with Gasteiger partial charge in [0.25, 0.3) is 0 Å². The molecule has 0 spiro atoms. The maximum Gasteiger partial charge on any atom is 0.410 e. The normalized spacial score (nSPS) is 20.3. The maximum atomic E-state index is 12.3. The molecule has 0 saturated carbocycles. The number of anilines is 2. The van der Waals surface area contributed by atoms with Gasteiger partial charge in [-0.2, -0.15) is 0 Å². The fourth-order valence-electron chi connectivity index (χ4n) is 5.26. The Kier molecular flexibility index (Phi) is 8.85. The molecule has 0 radical (unpaired) electrons. The number of carbonyl (C=O) groups is 3. The van der Waals surface area contributed by atoms with Crippen LogP contribution < -0.4 is 15.1 Å². The second-order valence-corrected chi connectivity index (χ2v) is 11.7. The van der Waals surface area contributed by atoms with E-state index in [2.05, 4.69) is 15.1 Å². The Morgan fingerprint density at radius 3 is 2.41 bits per heavy atom. The molecule has 4 rings (SSSR count). The third-order valence-corrected chi connectivity index (χ3v) is 7.68. The molecular formula is C27H40ClN5O4. The zero-order valence-corrected chi connectivity index (χ0v) is 23.1. The number of piperidine rings is 1. The molecule has 3 aliphatic rings. The van der Waals surface area contributed by atoms with Gasteiger partial charge in [-0.05, 0) is 77.1 Å². The molecule has 9 nitrogen and oxygen atoms in total. The highest BCUT2D eigenvalue weighted by atomic mass is 35.5. The van der Waals surface area contributed by atoms with Gasteiger partial charge in [-0.1, -0.05) is 11.6 Å². The number of imide groups is 1. The maximum absolute atomic E-state index is 12.3. The Bertz CT molecular complexity index is 981. The molecule has 4 amide bonds. The van der Waals surface area contributed by atoms with Crippen molar-refractivity contribution in [2.45, 2.75) is 58.5 Å². The Morgan fingerprint density at radius 2 is 1.76 bits per heavy atom. The molecular weight excluding hydrogens is 494 g/mol. The number of nitrogens with one attached hydrogen (secondary N) is 1. The van der Waals surface area contributed by atoms with Crippen LogP contribution in [0, 0.1) is 5.92 Å². The fourth-order valence-corrected chi connectivity index (χ4v) is 5.48. The van der Waals surface area contributed by atoms with Crippen LogP contribution in [0.5, 0.6) is 0 Å². The van der Waals surface area contributed by atoms with E-state index in [0.717, 1.165) is 64.3 Å². The van der Waals surface area contributed by atoms with E-state index in [-0.39, 0.29) is 18.4 Å². The first-order chi connectivity index (χ1) is 17.6. The molecule has 204 valence electrons. The van der Waals surface area contributed by atoms with Crippen molar-refractivity contribution in [2.24, 2.45) is 5.92 Å². The summed E-state index contributed by atoms with van der Waals surface area (Å²) in [6.45, 7) is 12.3. The average molecular weight is 534 g/mol. The summed E-state index contributed by atoms with van der Waals surface area (Å²) in [5, 5.41) is 2.88. The molecule has 1 aromatic rings. The average Bonchev–Trinajstić information content (AvgIpc) is 2.85. The van der Waals surface area contributed by atoms with Crippen LogP contribution in [0.15, 0.2) is 18.2 Å². The highest BCUT2D eigenvalue weighted by molar-refractivity contribution is 6.34. The SMILES string of the molecule is CC(C)(C)OC(=O)N1CCN(CCCC2CCN(c3ccc(Cl)c(N4CCC(=O)NC4=O)c3)CC2)CC1. The minimum absolute atomic E-state index is 0.207. The third kappa shape index (κ3) is 7.51. The van der Waals surface area contributed by atoms with Gasteiger partial charge in [0.15, 0.2) is 0 Å². The second-order valence-electron chi connectivity index (χ2n) is 11.3. The number of carbonyl (C=O) groups excluding carboxylic acids is 3. The fraction of sp³-hybridized carbons (Fsp3) is 0.667. The van der Waals surface area contributed by atoms with Gasteiger partial charge in [-0.15, -0.1) is 0 Å². The zero-order chi connectivity index (χ0) is 26.6. The number of benzene rings is 1. The van der Waals surface area contributed by atoms with Crippen LogP contribution >= 0.6 is 11.6 Å². The molecule has 37 heavy (non-hydrogen) atoms. The van der Waals surface area contributed by atoms with Crippen molar-refractivity contribution in [1.29, 1.82) is 0 Å². The summed E-state index contributed by atoms with van der Waals surface area (Å²) in [6.07, 6.45) is 4.74.